The normalized spacial score (nSPS) is 37.4. The fourth-order valence-electron chi connectivity index (χ4n) is 1.69. The van der Waals surface area contributed by atoms with Crippen molar-refractivity contribution in [3.05, 3.63) is 23.3 Å². The lowest BCUT2D eigenvalue weighted by molar-refractivity contribution is 0.603. The first-order valence-corrected chi connectivity index (χ1v) is 4.75. The summed E-state index contributed by atoms with van der Waals surface area (Å²) in [6.45, 7) is 2.30. The number of rotatable bonds is 0. The van der Waals surface area contributed by atoms with Crippen LogP contribution in [0.5, 0.6) is 0 Å². The van der Waals surface area contributed by atoms with E-state index in [-0.39, 0.29) is 0 Å². The summed E-state index contributed by atoms with van der Waals surface area (Å²) in [7, 11) is 0. The molecule has 2 unspecified atom stereocenters. The third-order valence-corrected chi connectivity index (χ3v) is 3.68. The molecule has 0 bridgehead atoms. The van der Waals surface area contributed by atoms with Crippen LogP contribution >= 0.6 is 15.9 Å². The highest BCUT2D eigenvalue weighted by Crippen LogP contribution is 2.41. The standard InChI is InChI=1S/C9H11Br/c1-6-8-4-2-7(8)3-5-9(6)10/h3,5-6,9H,2,4H2,1H3. The molecule has 0 amide bonds. The first-order chi connectivity index (χ1) is 4.79. The van der Waals surface area contributed by atoms with Gasteiger partial charge in [0.1, 0.15) is 0 Å². The average molecular weight is 199 g/mol. The van der Waals surface area contributed by atoms with Crippen LogP contribution in [0.2, 0.25) is 0 Å². The molecule has 0 nitrogen and oxygen atoms in total. The van der Waals surface area contributed by atoms with Gasteiger partial charge in [-0.05, 0) is 24.3 Å². The summed E-state index contributed by atoms with van der Waals surface area (Å²) in [4.78, 5) is 0.589. The molecule has 2 rings (SSSR count). The van der Waals surface area contributed by atoms with E-state index in [0.717, 1.165) is 5.92 Å². The Bertz CT molecular complexity index is 213. The second-order valence-electron chi connectivity index (χ2n) is 3.14. The Morgan fingerprint density at radius 2 is 2.30 bits per heavy atom. The molecule has 0 aliphatic heterocycles. The minimum Gasteiger partial charge on any atom is -0.0839 e. The van der Waals surface area contributed by atoms with Gasteiger partial charge >= 0.3 is 0 Å². The second-order valence-corrected chi connectivity index (χ2v) is 4.20. The second kappa shape index (κ2) is 2.23. The number of hydrogen-bond acceptors (Lipinski definition) is 0. The maximum Gasteiger partial charge on any atom is 0.0391 e. The molecule has 2 atom stereocenters. The lowest BCUT2D eigenvalue weighted by Crippen LogP contribution is -2.21. The van der Waals surface area contributed by atoms with Gasteiger partial charge in [-0.3, -0.25) is 0 Å². The molecule has 0 aromatic carbocycles. The van der Waals surface area contributed by atoms with E-state index in [4.69, 9.17) is 0 Å². The minimum absolute atomic E-state index is 0.589. The predicted molar refractivity (Wildman–Crippen MR) is 47.3 cm³/mol. The Balaban J connectivity index is 2.30. The van der Waals surface area contributed by atoms with Crippen molar-refractivity contribution in [2.75, 3.05) is 0 Å². The van der Waals surface area contributed by atoms with Gasteiger partial charge in [-0.2, -0.15) is 0 Å². The smallest absolute Gasteiger partial charge is 0.0391 e. The maximum atomic E-state index is 3.63. The van der Waals surface area contributed by atoms with Gasteiger partial charge in [-0.1, -0.05) is 40.6 Å². The van der Waals surface area contributed by atoms with Crippen molar-refractivity contribution in [1.82, 2.24) is 0 Å². The van der Waals surface area contributed by atoms with E-state index < -0.39 is 0 Å². The molecular weight excluding hydrogens is 188 g/mol. The van der Waals surface area contributed by atoms with Crippen LogP contribution in [-0.2, 0) is 0 Å². The van der Waals surface area contributed by atoms with E-state index in [1.165, 1.54) is 12.8 Å². The van der Waals surface area contributed by atoms with E-state index in [9.17, 15) is 0 Å². The third-order valence-electron chi connectivity index (χ3n) is 2.58. The van der Waals surface area contributed by atoms with Crippen LogP contribution in [0.3, 0.4) is 0 Å². The monoisotopic (exact) mass is 198 g/mol. The van der Waals surface area contributed by atoms with Crippen molar-refractivity contribution in [1.29, 1.82) is 0 Å². The van der Waals surface area contributed by atoms with Crippen molar-refractivity contribution in [2.24, 2.45) is 5.92 Å². The first kappa shape index (κ1) is 6.66. The Morgan fingerprint density at radius 1 is 1.50 bits per heavy atom. The molecule has 0 saturated heterocycles. The van der Waals surface area contributed by atoms with E-state index in [2.05, 4.69) is 35.0 Å². The molecule has 2 aliphatic carbocycles. The van der Waals surface area contributed by atoms with E-state index in [0.29, 0.717) is 4.83 Å². The molecule has 1 heteroatoms. The zero-order valence-electron chi connectivity index (χ0n) is 6.10. The van der Waals surface area contributed by atoms with E-state index in [1.807, 2.05) is 0 Å². The minimum atomic E-state index is 0.589. The fourth-order valence-corrected chi connectivity index (χ4v) is 2.16. The lowest BCUT2D eigenvalue weighted by Gasteiger charge is -2.32. The Kier molecular flexibility index (Phi) is 1.48. The number of halogens is 1. The van der Waals surface area contributed by atoms with Crippen LogP contribution < -0.4 is 0 Å². The molecule has 0 aromatic rings. The highest BCUT2D eigenvalue weighted by Gasteiger charge is 2.27. The zero-order chi connectivity index (χ0) is 7.14. The Hall–Kier alpha value is -0.0400. The summed E-state index contributed by atoms with van der Waals surface area (Å²) in [5.41, 5.74) is 3.28. The number of hydrogen-bond donors (Lipinski definition) is 0. The van der Waals surface area contributed by atoms with Gasteiger partial charge in [0.15, 0.2) is 0 Å². The topological polar surface area (TPSA) is 0 Å². The lowest BCUT2D eigenvalue weighted by atomic mass is 9.76. The van der Waals surface area contributed by atoms with Crippen molar-refractivity contribution in [2.45, 2.75) is 24.6 Å². The highest BCUT2D eigenvalue weighted by atomic mass is 79.9. The van der Waals surface area contributed by atoms with Gasteiger partial charge < -0.3 is 0 Å². The molecule has 0 saturated carbocycles. The van der Waals surface area contributed by atoms with Gasteiger partial charge in [0.25, 0.3) is 0 Å². The van der Waals surface area contributed by atoms with Gasteiger partial charge in [-0.25, -0.2) is 0 Å². The molecule has 0 radical (unpaired) electrons. The average Bonchev–Trinajstić information content (AvgIpc) is 1.82. The summed E-state index contributed by atoms with van der Waals surface area (Å²) in [5, 5.41) is 0. The summed E-state index contributed by atoms with van der Waals surface area (Å²) in [6, 6.07) is 0. The van der Waals surface area contributed by atoms with Crippen molar-refractivity contribution < 1.29 is 0 Å². The van der Waals surface area contributed by atoms with Crippen LogP contribution in [0.4, 0.5) is 0 Å². The van der Waals surface area contributed by atoms with Gasteiger partial charge in [0.2, 0.25) is 0 Å². The van der Waals surface area contributed by atoms with Crippen molar-refractivity contribution >= 4 is 15.9 Å². The van der Waals surface area contributed by atoms with Crippen LogP contribution in [0.25, 0.3) is 0 Å². The number of alkyl halides is 1. The maximum absolute atomic E-state index is 3.63. The summed E-state index contributed by atoms with van der Waals surface area (Å²) in [5.74, 6) is 0.744. The van der Waals surface area contributed by atoms with Crippen LogP contribution in [0, 0.1) is 5.92 Å². The Morgan fingerprint density at radius 3 is 2.80 bits per heavy atom. The third kappa shape index (κ3) is 0.800. The van der Waals surface area contributed by atoms with Gasteiger partial charge in [-0.15, -0.1) is 0 Å². The van der Waals surface area contributed by atoms with Crippen molar-refractivity contribution in [3.8, 4) is 0 Å². The Labute approximate surface area is 70.1 Å². The van der Waals surface area contributed by atoms with Gasteiger partial charge in [0.05, 0.1) is 0 Å². The number of allylic oxidation sites excluding steroid dienone is 4. The molecule has 0 N–H and O–H groups in total. The van der Waals surface area contributed by atoms with Crippen LogP contribution in [0.15, 0.2) is 23.3 Å². The quantitative estimate of drug-likeness (QED) is 0.526. The predicted octanol–water partition coefficient (Wildman–Crippen LogP) is 3.05. The van der Waals surface area contributed by atoms with Gasteiger partial charge in [0, 0.05) is 4.83 Å². The molecule has 0 fully saturated rings. The summed E-state index contributed by atoms with van der Waals surface area (Å²) in [6.07, 6.45) is 7.19. The first-order valence-electron chi connectivity index (χ1n) is 3.83. The molecule has 10 heavy (non-hydrogen) atoms. The SMILES string of the molecule is CC1C2=C(C=CC1Br)CC2. The molecule has 54 valence electrons. The van der Waals surface area contributed by atoms with Crippen LogP contribution in [-0.4, -0.2) is 4.83 Å². The molecule has 0 aromatic heterocycles. The molecule has 2 aliphatic rings. The zero-order valence-corrected chi connectivity index (χ0v) is 7.69. The summed E-state index contributed by atoms with van der Waals surface area (Å²) < 4.78 is 0. The van der Waals surface area contributed by atoms with E-state index in [1.54, 1.807) is 11.1 Å². The largest absolute Gasteiger partial charge is 0.0839 e. The molecular formula is C9H11Br. The summed E-state index contributed by atoms with van der Waals surface area (Å²) >= 11 is 3.63. The molecule has 0 spiro atoms. The van der Waals surface area contributed by atoms with E-state index >= 15 is 0 Å². The van der Waals surface area contributed by atoms with Crippen LogP contribution in [0.1, 0.15) is 19.8 Å². The van der Waals surface area contributed by atoms with Crippen molar-refractivity contribution in [3.63, 3.8) is 0 Å². The fraction of sp³-hybridized carbons (Fsp3) is 0.556. The highest BCUT2D eigenvalue weighted by molar-refractivity contribution is 9.09. The molecule has 0 heterocycles.